The minimum atomic E-state index is -2.75. The van der Waals surface area contributed by atoms with Gasteiger partial charge < -0.3 is 10.0 Å². The van der Waals surface area contributed by atoms with Crippen molar-refractivity contribution in [1.82, 2.24) is 4.90 Å². The predicted octanol–water partition coefficient (Wildman–Crippen LogP) is 3.19. The lowest BCUT2D eigenvalue weighted by molar-refractivity contribution is -0.147. The molecule has 0 saturated carbocycles. The molecule has 0 spiro atoms. The molecular formula is C17H23F2NO2. The number of piperidine rings is 1. The summed E-state index contributed by atoms with van der Waals surface area (Å²) in [4.78, 5) is 13.8. The van der Waals surface area contributed by atoms with E-state index in [-0.39, 0.29) is 37.8 Å². The van der Waals surface area contributed by atoms with Gasteiger partial charge in [-0.25, -0.2) is 8.78 Å². The van der Waals surface area contributed by atoms with Gasteiger partial charge in [0.25, 0.3) is 6.43 Å². The molecule has 1 unspecified atom stereocenters. The summed E-state index contributed by atoms with van der Waals surface area (Å²) in [6.07, 6.45) is -1.71. The van der Waals surface area contributed by atoms with E-state index in [1.807, 2.05) is 30.3 Å². The molecule has 1 aromatic rings. The molecule has 1 amide bonds. The number of hydrogen-bond acceptors (Lipinski definition) is 2. The first-order valence-corrected chi connectivity index (χ1v) is 7.75. The highest BCUT2D eigenvalue weighted by molar-refractivity contribution is 5.76. The number of likely N-dealkylation sites (tertiary alicyclic amines) is 1. The maximum atomic E-state index is 12.7. The van der Waals surface area contributed by atoms with Gasteiger partial charge in [0, 0.05) is 19.5 Å². The molecule has 1 aliphatic heterocycles. The smallest absolute Gasteiger partial charge is 0.266 e. The Hall–Kier alpha value is -1.49. The normalized spacial score (nSPS) is 19.2. The number of carbonyl (C=O) groups is 1. The van der Waals surface area contributed by atoms with Crippen molar-refractivity contribution >= 4 is 5.91 Å². The molecule has 122 valence electrons. The summed E-state index contributed by atoms with van der Waals surface area (Å²) in [5.41, 5.74) is -0.727. The molecule has 5 heteroatoms. The molecule has 0 bridgehead atoms. The van der Waals surface area contributed by atoms with Crippen molar-refractivity contribution in [3.8, 4) is 0 Å². The Morgan fingerprint density at radius 3 is 2.41 bits per heavy atom. The first-order valence-electron chi connectivity index (χ1n) is 7.75. The number of nitrogens with zero attached hydrogens (tertiary/aromatic N) is 1. The summed E-state index contributed by atoms with van der Waals surface area (Å²) in [7, 11) is 0. The van der Waals surface area contributed by atoms with E-state index in [0.29, 0.717) is 6.42 Å². The Labute approximate surface area is 129 Å². The van der Waals surface area contributed by atoms with Gasteiger partial charge in [0.2, 0.25) is 5.91 Å². The maximum Gasteiger partial charge on any atom is 0.266 e. The van der Waals surface area contributed by atoms with Gasteiger partial charge >= 0.3 is 0 Å². The van der Waals surface area contributed by atoms with Gasteiger partial charge in [-0.1, -0.05) is 37.3 Å². The molecule has 1 N–H and O–H groups in total. The fourth-order valence-corrected chi connectivity index (χ4v) is 2.81. The van der Waals surface area contributed by atoms with E-state index in [4.69, 9.17) is 0 Å². The van der Waals surface area contributed by atoms with E-state index >= 15 is 0 Å². The monoisotopic (exact) mass is 311 g/mol. The van der Waals surface area contributed by atoms with Crippen molar-refractivity contribution in [2.45, 2.75) is 50.6 Å². The number of aliphatic hydroxyl groups is 1. The van der Waals surface area contributed by atoms with Crippen molar-refractivity contribution in [2.24, 2.45) is 0 Å². The van der Waals surface area contributed by atoms with Crippen LogP contribution in [0.5, 0.6) is 0 Å². The molecule has 2 rings (SSSR count). The summed E-state index contributed by atoms with van der Waals surface area (Å²) in [5.74, 6) is 0.270. The van der Waals surface area contributed by atoms with Gasteiger partial charge in [-0.05, 0) is 30.7 Å². The first kappa shape index (κ1) is 16.9. The van der Waals surface area contributed by atoms with Crippen molar-refractivity contribution in [3.05, 3.63) is 35.9 Å². The van der Waals surface area contributed by atoms with Crippen LogP contribution in [0.4, 0.5) is 8.78 Å². The zero-order valence-corrected chi connectivity index (χ0v) is 12.8. The zero-order chi connectivity index (χ0) is 16.2. The molecule has 0 aliphatic carbocycles. The lowest BCUT2D eigenvalue weighted by Gasteiger charge is -2.37. The van der Waals surface area contributed by atoms with E-state index in [2.05, 4.69) is 6.92 Å². The average Bonchev–Trinajstić information content (AvgIpc) is 2.53. The van der Waals surface area contributed by atoms with Gasteiger partial charge in [0.1, 0.15) is 5.60 Å². The highest BCUT2D eigenvalue weighted by atomic mass is 19.3. The summed E-state index contributed by atoms with van der Waals surface area (Å²) in [5, 5.41) is 9.73. The fraction of sp³-hybridized carbons (Fsp3) is 0.588. The van der Waals surface area contributed by atoms with E-state index in [1.54, 1.807) is 4.90 Å². The van der Waals surface area contributed by atoms with Gasteiger partial charge in [-0.3, -0.25) is 4.79 Å². The van der Waals surface area contributed by atoms with Crippen LogP contribution < -0.4 is 0 Å². The van der Waals surface area contributed by atoms with E-state index in [9.17, 15) is 18.7 Å². The van der Waals surface area contributed by atoms with Crippen molar-refractivity contribution < 1.29 is 18.7 Å². The number of benzene rings is 1. The minimum absolute atomic E-state index is 0.0147. The van der Waals surface area contributed by atoms with Crippen LogP contribution in [0, 0.1) is 0 Å². The minimum Gasteiger partial charge on any atom is -0.384 e. The molecule has 1 heterocycles. The standard InChI is InChI=1S/C17H23F2NO2/c1-13(14-5-3-2-4-6-14)7-8-15(21)20-11-9-17(22,10-12-20)16(18)19/h2-6,13,16,22H,7-12H2,1H3. The third kappa shape index (κ3) is 4.03. The SMILES string of the molecule is CC(CCC(=O)N1CCC(O)(C(F)F)CC1)c1ccccc1. The predicted molar refractivity (Wildman–Crippen MR) is 80.9 cm³/mol. The maximum absolute atomic E-state index is 12.7. The Morgan fingerprint density at radius 1 is 1.27 bits per heavy atom. The molecular weight excluding hydrogens is 288 g/mol. The summed E-state index contributed by atoms with van der Waals surface area (Å²) in [6.45, 7) is 2.49. The Bertz CT molecular complexity index is 485. The van der Waals surface area contributed by atoms with E-state index in [1.165, 1.54) is 5.56 Å². The molecule has 22 heavy (non-hydrogen) atoms. The first-order chi connectivity index (χ1) is 10.4. The number of amides is 1. The lowest BCUT2D eigenvalue weighted by atomic mass is 9.91. The second kappa shape index (κ2) is 7.18. The quantitative estimate of drug-likeness (QED) is 0.907. The van der Waals surface area contributed by atoms with Crippen LogP contribution >= 0.6 is 0 Å². The average molecular weight is 311 g/mol. The lowest BCUT2D eigenvalue weighted by Crippen LogP contribution is -2.50. The molecule has 1 saturated heterocycles. The highest BCUT2D eigenvalue weighted by Gasteiger charge is 2.41. The molecule has 1 aromatic carbocycles. The van der Waals surface area contributed by atoms with Crippen LogP contribution in [0.25, 0.3) is 0 Å². The molecule has 0 aromatic heterocycles. The van der Waals surface area contributed by atoms with Crippen LogP contribution in [0.15, 0.2) is 30.3 Å². The summed E-state index contributed by atoms with van der Waals surface area (Å²) < 4.78 is 25.4. The number of alkyl halides is 2. The molecule has 1 atom stereocenters. The van der Waals surface area contributed by atoms with Gasteiger partial charge in [0.05, 0.1) is 0 Å². The van der Waals surface area contributed by atoms with E-state index in [0.717, 1.165) is 6.42 Å². The summed E-state index contributed by atoms with van der Waals surface area (Å²) in [6, 6.07) is 9.99. The topological polar surface area (TPSA) is 40.5 Å². The fourth-order valence-electron chi connectivity index (χ4n) is 2.81. The third-order valence-electron chi connectivity index (χ3n) is 4.55. The Balaban J connectivity index is 1.79. The van der Waals surface area contributed by atoms with Crippen molar-refractivity contribution in [2.75, 3.05) is 13.1 Å². The number of rotatable bonds is 5. The van der Waals surface area contributed by atoms with Crippen LogP contribution in [-0.2, 0) is 4.79 Å². The Morgan fingerprint density at radius 2 is 1.86 bits per heavy atom. The van der Waals surface area contributed by atoms with Crippen LogP contribution in [0.2, 0.25) is 0 Å². The van der Waals surface area contributed by atoms with Crippen molar-refractivity contribution in [3.63, 3.8) is 0 Å². The van der Waals surface area contributed by atoms with Gasteiger partial charge in [-0.2, -0.15) is 0 Å². The second-order valence-electron chi connectivity index (χ2n) is 6.14. The largest absolute Gasteiger partial charge is 0.384 e. The molecule has 1 fully saturated rings. The number of carbonyl (C=O) groups excluding carboxylic acids is 1. The number of hydrogen-bond donors (Lipinski definition) is 1. The molecule has 3 nitrogen and oxygen atoms in total. The van der Waals surface area contributed by atoms with Gasteiger partial charge in [-0.15, -0.1) is 0 Å². The van der Waals surface area contributed by atoms with Crippen LogP contribution in [0.3, 0.4) is 0 Å². The third-order valence-corrected chi connectivity index (χ3v) is 4.55. The van der Waals surface area contributed by atoms with Crippen LogP contribution in [0.1, 0.15) is 44.1 Å². The van der Waals surface area contributed by atoms with Crippen LogP contribution in [-0.4, -0.2) is 41.0 Å². The zero-order valence-electron chi connectivity index (χ0n) is 12.8. The second-order valence-corrected chi connectivity index (χ2v) is 6.14. The molecule has 1 aliphatic rings. The number of halogens is 2. The molecule has 0 radical (unpaired) electrons. The Kier molecular flexibility index (Phi) is 5.51. The summed E-state index contributed by atoms with van der Waals surface area (Å²) >= 11 is 0. The van der Waals surface area contributed by atoms with Crippen molar-refractivity contribution in [1.29, 1.82) is 0 Å². The van der Waals surface area contributed by atoms with E-state index < -0.39 is 12.0 Å². The van der Waals surface area contributed by atoms with Gasteiger partial charge in [0.15, 0.2) is 0 Å². The highest BCUT2D eigenvalue weighted by Crippen LogP contribution is 2.29.